The lowest BCUT2D eigenvalue weighted by molar-refractivity contribution is 0.0999. The maximum Gasteiger partial charge on any atom is 0.249 e. The van der Waals surface area contributed by atoms with Gasteiger partial charge in [-0.25, -0.2) is 0 Å². The van der Waals surface area contributed by atoms with Crippen molar-refractivity contribution in [3.8, 4) is 0 Å². The van der Waals surface area contributed by atoms with Crippen LogP contribution in [0.15, 0.2) is 18.2 Å². The van der Waals surface area contributed by atoms with E-state index in [9.17, 15) is 4.79 Å². The van der Waals surface area contributed by atoms with E-state index in [-0.39, 0.29) is 0 Å². The van der Waals surface area contributed by atoms with Gasteiger partial charge in [-0.1, -0.05) is 31.5 Å². The van der Waals surface area contributed by atoms with Crippen LogP contribution < -0.4 is 5.73 Å². The van der Waals surface area contributed by atoms with E-state index in [1.807, 2.05) is 6.07 Å². The molecule has 0 radical (unpaired) electrons. The Kier molecular flexibility index (Phi) is 3.53. The van der Waals surface area contributed by atoms with Crippen LogP contribution >= 0.6 is 11.6 Å². The molecule has 0 aromatic heterocycles. The van der Waals surface area contributed by atoms with Gasteiger partial charge in [-0.15, -0.1) is 0 Å². The molecule has 1 aromatic carbocycles. The predicted octanol–water partition coefficient (Wildman–Crippen LogP) is 2.95. The predicted molar refractivity (Wildman–Crippen MR) is 58.7 cm³/mol. The molecule has 0 saturated heterocycles. The molecule has 0 aliphatic rings. The fourth-order valence-electron chi connectivity index (χ4n) is 1.39. The number of carbonyl (C=O) groups excluding carboxylic acids is 1. The van der Waals surface area contributed by atoms with Gasteiger partial charge < -0.3 is 5.73 Å². The minimum atomic E-state index is -0.414. The van der Waals surface area contributed by atoms with Crippen molar-refractivity contribution in [2.45, 2.75) is 26.2 Å². The summed E-state index contributed by atoms with van der Waals surface area (Å²) in [6.07, 6.45) is 0.974. The molecular formula is C11H14ClNO. The first kappa shape index (κ1) is 11.1. The lowest BCUT2D eigenvalue weighted by Gasteiger charge is -2.12. The van der Waals surface area contributed by atoms with Crippen molar-refractivity contribution in [3.63, 3.8) is 0 Å². The molecule has 0 heterocycles. The van der Waals surface area contributed by atoms with E-state index in [1.54, 1.807) is 12.1 Å². The molecule has 0 aliphatic carbocycles. The molecule has 1 unspecified atom stereocenters. The van der Waals surface area contributed by atoms with E-state index in [2.05, 4.69) is 13.8 Å². The van der Waals surface area contributed by atoms with E-state index in [0.29, 0.717) is 16.5 Å². The topological polar surface area (TPSA) is 43.1 Å². The fourth-order valence-corrected chi connectivity index (χ4v) is 1.56. The fraction of sp³-hybridized carbons (Fsp3) is 0.364. The third kappa shape index (κ3) is 2.26. The molecule has 0 fully saturated rings. The second-order valence-corrected chi connectivity index (χ2v) is 3.84. The summed E-state index contributed by atoms with van der Waals surface area (Å²) in [7, 11) is 0. The van der Waals surface area contributed by atoms with Gasteiger partial charge in [0.2, 0.25) is 5.91 Å². The highest BCUT2D eigenvalue weighted by molar-refractivity contribution is 6.31. The molecule has 1 aromatic rings. The minimum absolute atomic E-state index is 0.328. The summed E-state index contributed by atoms with van der Waals surface area (Å²) in [5.41, 5.74) is 6.79. The van der Waals surface area contributed by atoms with E-state index < -0.39 is 5.91 Å². The van der Waals surface area contributed by atoms with Crippen LogP contribution in [0.1, 0.15) is 42.1 Å². The number of nitrogens with two attached hydrogens (primary N) is 1. The minimum Gasteiger partial charge on any atom is -0.366 e. The summed E-state index contributed by atoms with van der Waals surface area (Å²) in [6.45, 7) is 4.14. The van der Waals surface area contributed by atoms with Crippen LogP contribution in [0.2, 0.25) is 5.02 Å². The van der Waals surface area contributed by atoms with Crippen LogP contribution in [0.5, 0.6) is 0 Å². The average Bonchev–Trinajstić information content (AvgIpc) is 2.16. The number of amides is 1. The zero-order valence-corrected chi connectivity index (χ0v) is 9.14. The van der Waals surface area contributed by atoms with Crippen LogP contribution in [0.25, 0.3) is 0 Å². The molecular weight excluding hydrogens is 198 g/mol. The SMILES string of the molecule is CCC(C)c1ccc(Cl)cc1C(N)=O. The summed E-state index contributed by atoms with van der Waals surface area (Å²) < 4.78 is 0. The number of benzene rings is 1. The van der Waals surface area contributed by atoms with Gasteiger partial charge in [0, 0.05) is 10.6 Å². The molecule has 76 valence electrons. The molecule has 0 saturated carbocycles. The first-order valence-electron chi connectivity index (χ1n) is 4.65. The summed E-state index contributed by atoms with van der Waals surface area (Å²) >= 11 is 5.80. The third-order valence-electron chi connectivity index (χ3n) is 2.42. The summed E-state index contributed by atoms with van der Waals surface area (Å²) in [5, 5.41) is 0.547. The normalized spacial score (nSPS) is 12.5. The lowest BCUT2D eigenvalue weighted by atomic mass is 9.93. The van der Waals surface area contributed by atoms with Crippen LogP contribution in [0, 0.1) is 0 Å². The van der Waals surface area contributed by atoms with Gasteiger partial charge in [0.25, 0.3) is 0 Å². The number of carbonyl (C=O) groups is 1. The first-order valence-corrected chi connectivity index (χ1v) is 5.03. The van der Waals surface area contributed by atoms with Crippen molar-refractivity contribution >= 4 is 17.5 Å². The quantitative estimate of drug-likeness (QED) is 0.821. The lowest BCUT2D eigenvalue weighted by Crippen LogP contribution is -2.14. The summed E-state index contributed by atoms with van der Waals surface area (Å²) in [6, 6.07) is 5.29. The van der Waals surface area contributed by atoms with E-state index >= 15 is 0 Å². The Balaban J connectivity index is 3.21. The highest BCUT2D eigenvalue weighted by Crippen LogP contribution is 2.25. The van der Waals surface area contributed by atoms with Gasteiger partial charge >= 0.3 is 0 Å². The van der Waals surface area contributed by atoms with E-state index in [0.717, 1.165) is 12.0 Å². The molecule has 1 rings (SSSR count). The van der Waals surface area contributed by atoms with Crippen molar-refractivity contribution in [1.82, 2.24) is 0 Å². The van der Waals surface area contributed by atoms with Gasteiger partial charge in [-0.3, -0.25) is 4.79 Å². The highest BCUT2D eigenvalue weighted by atomic mass is 35.5. The molecule has 2 N–H and O–H groups in total. The standard InChI is InChI=1S/C11H14ClNO/c1-3-7(2)9-5-4-8(12)6-10(9)11(13)14/h4-7H,3H2,1-2H3,(H2,13,14). The Morgan fingerprint density at radius 2 is 2.21 bits per heavy atom. The van der Waals surface area contributed by atoms with Gasteiger partial charge in [0.05, 0.1) is 0 Å². The third-order valence-corrected chi connectivity index (χ3v) is 2.66. The van der Waals surface area contributed by atoms with Crippen molar-refractivity contribution in [2.24, 2.45) is 5.73 Å². The van der Waals surface area contributed by atoms with Gasteiger partial charge in [-0.2, -0.15) is 0 Å². The zero-order chi connectivity index (χ0) is 10.7. The van der Waals surface area contributed by atoms with E-state index in [4.69, 9.17) is 17.3 Å². The Morgan fingerprint density at radius 1 is 1.57 bits per heavy atom. The van der Waals surface area contributed by atoms with Gasteiger partial charge in [0.15, 0.2) is 0 Å². The van der Waals surface area contributed by atoms with Crippen molar-refractivity contribution in [3.05, 3.63) is 34.3 Å². The van der Waals surface area contributed by atoms with Crippen LogP contribution in [0.3, 0.4) is 0 Å². The van der Waals surface area contributed by atoms with Crippen molar-refractivity contribution in [1.29, 1.82) is 0 Å². The Hall–Kier alpha value is -1.02. The molecule has 0 bridgehead atoms. The first-order chi connectivity index (χ1) is 6.56. The van der Waals surface area contributed by atoms with Crippen LogP contribution in [0.4, 0.5) is 0 Å². The maximum absolute atomic E-state index is 11.2. The molecule has 0 aliphatic heterocycles. The molecule has 3 heteroatoms. The monoisotopic (exact) mass is 211 g/mol. The zero-order valence-electron chi connectivity index (χ0n) is 8.38. The van der Waals surface area contributed by atoms with E-state index in [1.165, 1.54) is 0 Å². The Labute approximate surface area is 89.1 Å². The number of hydrogen-bond donors (Lipinski definition) is 1. The van der Waals surface area contributed by atoms with Crippen LogP contribution in [-0.2, 0) is 0 Å². The van der Waals surface area contributed by atoms with Gasteiger partial charge in [-0.05, 0) is 30.0 Å². The largest absolute Gasteiger partial charge is 0.366 e. The number of hydrogen-bond acceptors (Lipinski definition) is 1. The van der Waals surface area contributed by atoms with Crippen molar-refractivity contribution < 1.29 is 4.79 Å². The number of halogens is 1. The molecule has 1 amide bonds. The Morgan fingerprint density at radius 3 is 2.71 bits per heavy atom. The second kappa shape index (κ2) is 4.47. The van der Waals surface area contributed by atoms with Crippen LogP contribution in [-0.4, -0.2) is 5.91 Å². The molecule has 1 atom stereocenters. The second-order valence-electron chi connectivity index (χ2n) is 3.41. The average molecular weight is 212 g/mol. The summed E-state index contributed by atoms with van der Waals surface area (Å²) in [4.78, 5) is 11.2. The van der Waals surface area contributed by atoms with Crippen molar-refractivity contribution in [2.75, 3.05) is 0 Å². The number of rotatable bonds is 3. The molecule has 14 heavy (non-hydrogen) atoms. The smallest absolute Gasteiger partial charge is 0.249 e. The maximum atomic E-state index is 11.2. The molecule has 0 spiro atoms. The highest BCUT2D eigenvalue weighted by Gasteiger charge is 2.13. The number of primary amides is 1. The summed E-state index contributed by atoms with van der Waals surface area (Å²) in [5.74, 6) is -0.0856. The molecule has 2 nitrogen and oxygen atoms in total. The van der Waals surface area contributed by atoms with Gasteiger partial charge in [0.1, 0.15) is 0 Å². The Bertz CT molecular complexity index is 349.